The van der Waals surface area contributed by atoms with Crippen molar-refractivity contribution in [1.29, 1.82) is 0 Å². The quantitative estimate of drug-likeness (QED) is 0.748. The van der Waals surface area contributed by atoms with Gasteiger partial charge >= 0.3 is 0 Å². The van der Waals surface area contributed by atoms with E-state index in [9.17, 15) is 9.90 Å². The Bertz CT molecular complexity index is 852. The van der Waals surface area contributed by atoms with Crippen LogP contribution >= 0.6 is 11.3 Å². The zero-order valence-corrected chi connectivity index (χ0v) is 14.8. The second-order valence-corrected chi connectivity index (χ2v) is 7.20. The Kier molecular flexibility index (Phi) is 4.69. The number of nitrogens with zero attached hydrogens (tertiary/aromatic N) is 2. The molecule has 2 aromatic heterocycles. The molecular formula is C18H21N3O2S. The Morgan fingerprint density at radius 2 is 2.04 bits per heavy atom. The highest BCUT2D eigenvalue weighted by Gasteiger charge is 2.20. The number of thiophene rings is 1. The molecule has 0 bridgehead atoms. The molecule has 0 aliphatic carbocycles. The van der Waals surface area contributed by atoms with Gasteiger partial charge in [-0.1, -0.05) is 32.0 Å². The van der Waals surface area contributed by atoms with Gasteiger partial charge in [0.05, 0.1) is 28.9 Å². The SMILES string of the molecule is Cc1nn(-c2ccccc2)c2sc(C(=O)N[C@H](CO)C(C)C)cc12. The number of aliphatic hydroxyl groups excluding tert-OH is 1. The van der Waals surface area contributed by atoms with Crippen LogP contribution in [0, 0.1) is 12.8 Å². The molecule has 24 heavy (non-hydrogen) atoms. The number of hydrogen-bond donors (Lipinski definition) is 2. The number of nitrogens with one attached hydrogen (secondary N) is 1. The Morgan fingerprint density at radius 1 is 1.33 bits per heavy atom. The third kappa shape index (κ3) is 3.07. The summed E-state index contributed by atoms with van der Waals surface area (Å²) in [5.41, 5.74) is 1.87. The third-order valence-electron chi connectivity index (χ3n) is 4.09. The van der Waals surface area contributed by atoms with Gasteiger partial charge in [0.15, 0.2) is 0 Å². The minimum Gasteiger partial charge on any atom is -0.394 e. The normalized spacial score (nSPS) is 12.7. The predicted molar refractivity (Wildman–Crippen MR) is 96.9 cm³/mol. The van der Waals surface area contributed by atoms with Gasteiger partial charge in [0.1, 0.15) is 4.83 Å². The maximum atomic E-state index is 12.5. The number of benzene rings is 1. The van der Waals surface area contributed by atoms with E-state index in [0.717, 1.165) is 21.6 Å². The van der Waals surface area contributed by atoms with Crippen molar-refractivity contribution >= 4 is 27.5 Å². The molecule has 0 aliphatic heterocycles. The molecule has 126 valence electrons. The van der Waals surface area contributed by atoms with E-state index < -0.39 is 0 Å². The number of fused-ring (bicyclic) bond motifs is 1. The number of carbonyl (C=O) groups excluding carboxylic acids is 1. The average molecular weight is 343 g/mol. The van der Waals surface area contributed by atoms with Gasteiger partial charge in [-0.15, -0.1) is 11.3 Å². The molecule has 0 saturated carbocycles. The fraction of sp³-hybridized carbons (Fsp3) is 0.333. The molecule has 1 atom stereocenters. The van der Waals surface area contributed by atoms with Gasteiger partial charge in [-0.25, -0.2) is 4.68 Å². The topological polar surface area (TPSA) is 67.2 Å². The number of aryl methyl sites for hydroxylation is 1. The van der Waals surface area contributed by atoms with Crippen molar-refractivity contribution in [1.82, 2.24) is 15.1 Å². The zero-order chi connectivity index (χ0) is 17.3. The molecule has 0 unspecified atom stereocenters. The first-order valence-corrected chi connectivity index (χ1v) is 8.79. The van der Waals surface area contributed by atoms with Gasteiger partial charge in [0.2, 0.25) is 0 Å². The number of para-hydroxylation sites is 1. The fourth-order valence-corrected chi connectivity index (χ4v) is 3.65. The van der Waals surface area contributed by atoms with E-state index in [1.165, 1.54) is 11.3 Å². The Labute approximate surface area is 144 Å². The van der Waals surface area contributed by atoms with E-state index in [2.05, 4.69) is 10.4 Å². The molecule has 3 aromatic rings. The Balaban J connectivity index is 1.96. The summed E-state index contributed by atoms with van der Waals surface area (Å²) in [4.78, 5) is 14.1. The summed E-state index contributed by atoms with van der Waals surface area (Å²) in [7, 11) is 0. The number of hydrogen-bond acceptors (Lipinski definition) is 4. The lowest BCUT2D eigenvalue weighted by molar-refractivity contribution is 0.0901. The van der Waals surface area contributed by atoms with Crippen LogP contribution in [-0.2, 0) is 0 Å². The van der Waals surface area contributed by atoms with Crippen LogP contribution in [0.2, 0.25) is 0 Å². The summed E-state index contributed by atoms with van der Waals surface area (Å²) >= 11 is 1.42. The van der Waals surface area contributed by atoms with Crippen molar-refractivity contribution in [3.8, 4) is 5.69 Å². The number of aromatic nitrogens is 2. The summed E-state index contributed by atoms with van der Waals surface area (Å²) in [6.07, 6.45) is 0. The van der Waals surface area contributed by atoms with Gasteiger partial charge in [-0.2, -0.15) is 5.10 Å². The van der Waals surface area contributed by atoms with Crippen molar-refractivity contribution in [2.45, 2.75) is 26.8 Å². The van der Waals surface area contributed by atoms with Gasteiger partial charge < -0.3 is 10.4 Å². The van der Waals surface area contributed by atoms with Crippen LogP contribution in [0.15, 0.2) is 36.4 Å². The molecule has 1 amide bonds. The second-order valence-electron chi connectivity index (χ2n) is 6.17. The number of rotatable bonds is 5. The van der Waals surface area contributed by atoms with E-state index in [0.29, 0.717) is 4.88 Å². The van der Waals surface area contributed by atoms with E-state index in [-0.39, 0.29) is 24.5 Å². The molecule has 0 radical (unpaired) electrons. The van der Waals surface area contributed by atoms with Crippen LogP contribution in [0.1, 0.15) is 29.2 Å². The van der Waals surface area contributed by atoms with Gasteiger partial charge in [0, 0.05) is 5.39 Å². The number of carbonyl (C=O) groups is 1. The molecule has 0 aliphatic rings. The Morgan fingerprint density at radius 3 is 2.67 bits per heavy atom. The molecule has 0 saturated heterocycles. The molecule has 0 fully saturated rings. The first kappa shape index (κ1) is 16.7. The highest BCUT2D eigenvalue weighted by atomic mass is 32.1. The standard InChI is InChI=1S/C18H21N3O2S/c1-11(2)15(10-22)19-17(23)16-9-14-12(3)20-21(18(14)24-16)13-7-5-4-6-8-13/h4-9,11,15,22H,10H2,1-3H3,(H,19,23)/t15-/m1/s1. The monoisotopic (exact) mass is 343 g/mol. The highest BCUT2D eigenvalue weighted by molar-refractivity contribution is 7.20. The summed E-state index contributed by atoms with van der Waals surface area (Å²) in [6.45, 7) is 5.83. The lowest BCUT2D eigenvalue weighted by Crippen LogP contribution is -2.40. The molecule has 3 rings (SSSR count). The summed E-state index contributed by atoms with van der Waals surface area (Å²) < 4.78 is 1.87. The first-order valence-electron chi connectivity index (χ1n) is 7.97. The Hall–Kier alpha value is -2.18. The summed E-state index contributed by atoms with van der Waals surface area (Å²) in [6, 6.07) is 11.5. The van der Waals surface area contributed by atoms with Crippen molar-refractivity contribution in [2.24, 2.45) is 5.92 Å². The van der Waals surface area contributed by atoms with Crippen LogP contribution < -0.4 is 5.32 Å². The molecule has 2 heterocycles. The van der Waals surface area contributed by atoms with Crippen LogP contribution in [0.3, 0.4) is 0 Å². The number of amides is 1. The average Bonchev–Trinajstić information content (AvgIpc) is 3.14. The molecule has 1 aromatic carbocycles. The summed E-state index contributed by atoms with van der Waals surface area (Å²) in [5, 5.41) is 17.9. The van der Waals surface area contributed by atoms with Crippen LogP contribution in [0.25, 0.3) is 15.9 Å². The highest BCUT2D eigenvalue weighted by Crippen LogP contribution is 2.30. The number of aliphatic hydroxyl groups is 1. The molecule has 0 spiro atoms. The second kappa shape index (κ2) is 6.75. The maximum Gasteiger partial charge on any atom is 0.261 e. The minimum atomic E-state index is -0.241. The third-order valence-corrected chi connectivity index (χ3v) is 5.20. The minimum absolute atomic E-state index is 0.0644. The first-order chi connectivity index (χ1) is 11.5. The molecular weight excluding hydrogens is 322 g/mol. The lowest BCUT2D eigenvalue weighted by Gasteiger charge is -2.19. The van der Waals surface area contributed by atoms with Crippen molar-refractivity contribution < 1.29 is 9.90 Å². The zero-order valence-electron chi connectivity index (χ0n) is 14.0. The van der Waals surface area contributed by atoms with Crippen molar-refractivity contribution in [3.63, 3.8) is 0 Å². The van der Waals surface area contributed by atoms with Gasteiger partial charge in [0.25, 0.3) is 5.91 Å². The fourth-order valence-electron chi connectivity index (χ4n) is 2.57. The summed E-state index contributed by atoms with van der Waals surface area (Å²) in [5.74, 6) is 0.0258. The van der Waals surface area contributed by atoms with Crippen LogP contribution in [-0.4, -0.2) is 33.4 Å². The van der Waals surface area contributed by atoms with Gasteiger partial charge in [-0.05, 0) is 31.0 Å². The van der Waals surface area contributed by atoms with E-state index in [1.807, 2.05) is 61.9 Å². The van der Waals surface area contributed by atoms with E-state index >= 15 is 0 Å². The molecule has 6 heteroatoms. The predicted octanol–water partition coefficient (Wildman–Crippen LogP) is 3.14. The maximum absolute atomic E-state index is 12.5. The van der Waals surface area contributed by atoms with E-state index in [4.69, 9.17) is 0 Å². The van der Waals surface area contributed by atoms with Crippen molar-refractivity contribution in [3.05, 3.63) is 47.0 Å². The largest absolute Gasteiger partial charge is 0.394 e. The molecule has 5 nitrogen and oxygen atoms in total. The van der Waals surface area contributed by atoms with Gasteiger partial charge in [-0.3, -0.25) is 4.79 Å². The molecule has 2 N–H and O–H groups in total. The van der Waals surface area contributed by atoms with Crippen molar-refractivity contribution in [2.75, 3.05) is 6.61 Å². The smallest absolute Gasteiger partial charge is 0.261 e. The van der Waals surface area contributed by atoms with Crippen LogP contribution in [0.5, 0.6) is 0 Å². The lowest BCUT2D eigenvalue weighted by atomic mass is 10.1. The van der Waals surface area contributed by atoms with E-state index in [1.54, 1.807) is 0 Å². The van der Waals surface area contributed by atoms with Crippen LogP contribution in [0.4, 0.5) is 0 Å².